The van der Waals surface area contributed by atoms with Gasteiger partial charge in [-0.15, -0.1) is 0 Å². The van der Waals surface area contributed by atoms with Crippen molar-refractivity contribution in [3.05, 3.63) is 33.8 Å². The standard InChI is InChI=1S/C10H11Cl2N3/c1-10(5-14-9(13)15-10)6-3-2-4-7(11)8(6)12/h2-4H,5H2,1H3,(H3,13,14,15). The SMILES string of the molecule is CC1(c2cccc(Cl)c2Cl)CN=C(N)N1. The highest BCUT2D eigenvalue weighted by Crippen LogP contribution is 2.34. The molecule has 0 radical (unpaired) electrons. The van der Waals surface area contributed by atoms with Crippen molar-refractivity contribution >= 4 is 29.2 Å². The minimum atomic E-state index is -0.355. The molecule has 1 aromatic rings. The summed E-state index contributed by atoms with van der Waals surface area (Å²) in [5.74, 6) is 0.438. The average Bonchev–Trinajstić information content (AvgIpc) is 2.52. The van der Waals surface area contributed by atoms with Gasteiger partial charge < -0.3 is 11.1 Å². The van der Waals surface area contributed by atoms with Crippen LogP contribution >= 0.6 is 23.2 Å². The normalized spacial score (nSPS) is 24.9. The van der Waals surface area contributed by atoms with Crippen molar-refractivity contribution in [2.75, 3.05) is 6.54 Å². The molecule has 15 heavy (non-hydrogen) atoms. The van der Waals surface area contributed by atoms with Gasteiger partial charge in [0.1, 0.15) is 0 Å². The Balaban J connectivity index is 2.43. The number of aliphatic imine (C=N–C) groups is 1. The Hall–Kier alpha value is -0.930. The van der Waals surface area contributed by atoms with Gasteiger partial charge in [0.25, 0.3) is 0 Å². The smallest absolute Gasteiger partial charge is 0.189 e. The van der Waals surface area contributed by atoms with Crippen molar-refractivity contribution in [2.24, 2.45) is 10.7 Å². The van der Waals surface area contributed by atoms with E-state index in [-0.39, 0.29) is 5.54 Å². The summed E-state index contributed by atoms with van der Waals surface area (Å²) < 4.78 is 0. The molecule has 0 amide bonds. The first-order chi connectivity index (χ1) is 7.03. The van der Waals surface area contributed by atoms with Crippen molar-refractivity contribution in [2.45, 2.75) is 12.5 Å². The lowest BCUT2D eigenvalue weighted by atomic mass is 9.93. The first kappa shape index (κ1) is 10.6. The number of nitrogens with zero attached hydrogens (tertiary/aromatic N) is 1. The molecule has 1 aliphatic rings. The van der Waals surface area contributed by atoms with E-state index >= 15 is 0 Å². The van der Waals surface area contributed by atoms with Crippen LogP contribution in [0, 0.1) is 0 Å². The van der Waals surface area contributed by atoms with Crippen molar-refractivity contribution < 1.29 is 0 Å². The number of nitrogens with two attached hydrogens (primary N) is 1. The molecule has 1 unspecified atom stereocenters. The minimum absolute atomic E-state index is 0.355. The fraction of sp³-hybridized carbons (Fsp3) is 0.300. The lowest BCUT2D eigenvalue weighted by molar-refractivity contribution is 0.480. The van der Waals surface area contributed by atoms with Crippen LogP contribution in [0.1, 0.15) is 12.5 Å². The number of guanidine groups is 1. The number of rotatable bonds is 1. The zero-order chi connectivity index (χ0) is 11.1. The molecule has 1 heterocycles. The second kappa shape index (κ2) is 3.58. The lowest BCUT2D eigenvalue weighted by Crippen LogP contribution is -2.43. The molecule has 0 saturated carbocycles. The highest BCUT2D eigenvalue weighted by atomic mass is 35.5. The largest absolute Gasteiger partial charge is 0.370 e. The van der Waals surface area contributed by atoms with Crippen LogP contribution in [0.25, 0.3) is 0 Å². The lowest BCUT2D eigenvalue weighted by Gasteiger charge is -2.26. The molecule has 0 fully saturated rings. The van der Waals surface area contributed by atoms with E-state index in [1.165, 1.54) is 0 Å². The van der Waals surface area contributed by atoms with Crippen LogP contribution in [0.2, 0.25) is 10.0 Å². The predicted octanol–water partition coefficient (Wildman–Crippen LogP) is 2.13. The Morgan fingerprint density at radius 2 is 2.20 bits per heavy atom. The zero-order valence-electron chi connectivity index (χ0n) is 8.22. The van der Waals surface area contributed by atoms with Crippen molar-refractivity contribution in [3.8, 4) is 0 Å². The fourth-order valence-electron chi connectivity index (χ4n) is 1.69. The Morgan fingerprint density at radius 3 is 2.80 bits per heavy atom. The summed E-state index contributed by atoms with van der Waals surface area (Å²) in [6.07, 6.45) is 0. The molecule has 0 spiro atoms. The number of nitrogens with one attached hydrogen (secondary N) is 1. The highest BCUT2D eigenvalue weighted by Gasteiger charge is 2.33. The molecule has 2 rings (SSSR count). The molecular formula is C10H11Cl2N3. The summed E-state index contributed by atoms with van der Waals surface area (Å²) in [4.78, 5) is 4.12. The number of hydrogen-bond donors (Lipinski definition) is 2. The van der Waals surface area contributed by atoms with Crippen LogP contribution in [-0.4, -0.2) is 12.5 Å². The van der Waals surface area contributed by atoms with Crippen molar-refractivity contribution in [1.82, 2.24) is 5.32 Å². The first-order valence-corrected chi connectivity index (χ1v) is 5.31. The Bertz CT molecular complexity index is 431. The number of hydrogen-bond acceptors (Lipinski definition) is 3. The van der Waals surface area contributed by atoms with E-state index in [0.29, 0.717) is 22.5 Å². The molecule has 5 heteroatoms. The number of benzene rings is 1. The van der Waals surface area contributed by atoms with E-state index in [1.807, 2.05) is 19.1 Å². The van der Waals surface area contributed by atoms with E-state index in [0.717, 1.165) is 5.56 Å². The monoisotopic (exact) mass is 243 g/mol. The average molecular weight is 244 g/mol. The Labute approximate surface area is 98.3 Å². The van der Waals surface area contributed by atoms with Gasteiger partial charge in [-0.25, -0.2) is 0 Å². The molecule has 0 bridgehead atoms. The third-order valence-electron chi connectivity index (χ3n) is 2.52. The van der Waals surface area contributed by atoms with Gasteiger partial charge in [-0.1, -0.05) is 35.3 Å². The molecule has 0 aliphatic carbocycles. The highest BCUT2D eigenvalue weighted by molar-refractivity contribution is 6.42. The molecule has 1 aliphatic heterocycles. The van der Waals surface area contributed by atoms with Crippen LogP contribution in [0.4, 0.5) is 0 Å². The molecule has 1 atom stereocenters. The summed E-state index contributed by atoms with van der Waals surface area (Å²) in [5.41, 5.74) is 6.16. The van der Waals surface area contributed by atoms with Gasteiger partial charge in [0.05, 0.1) is 22.1 Å². The first-order valence-electron chi connectivity index (χ1n) is 4.55. The summed E-state index contributed by atoms with van der Waals surface area (Å²) in [6, 6.07) is 5.55. The Kier molecular flexibility index (Phi) is 2.52. The summed E-state index contributed by atoms with van der Waals surface area (Å²) >= 11 is 12.1. The van der Waals surface area contributed by atoms with Gasteiger partial charge in [0.15, 0.2) is 5.96 Å². The van der Waals surface area contributed by atoms with Crippen LogP contribution in [0.5, 0.6) is 0 Å². The summed E-state index contributed by atoms with van der Waals surface area (Å²) in [6.45, 7) is 2.56. The van der Waals surface area contributed by atoms with E-state index in [9.17, 15) is 0 Å². The van der Waals surface area contributed by atoms with Gasteiger partial charge in [-0.3, -0.25) is 4.99 Å². The maximum absolute atomic E-state index is 6.15. The van der Waals surface area contributed by atoms with Crippen LogP contribution in [-0.2, 0) is 5.54 Å². The second-order valence-corrected chi connectivity index (χ2v) is 4.55. The molecule has 1 aromatic carbocycles. The van der Waals surface area contributed by atoms with Gasteiger partial charge in [-0.2, -0.15) is 0 Å². The molecule has 3 nitrogen and oxygen atoms in total. The third-order valence-corrected chi connectivity index (χ3v) is 3.33. The Morgan fingerprint density at radius 1 is 1.47 bits per heavy atom. The topological polar surface area (TPSA) is 50.4 Å². The van der Waals surface area contributed by atoms with Crippen molar-refractivity contribution in [1.29, 1.82) is 0 Å². The summed E-state index contributed by atoms with van der Waals surface area (Å²) in [7, 11) is 0. The van der Waals surface area contributed by atoms with Crippen molar-refractivity contribution in [3.63, 3.8) is 0 Å². The van der Waals surface area contributed by atoms with Gasteiger partial charge >= 0.3 is 0 Å². The second-order valence-electron chi connectivity index (χ2n) is 3.76. The minimum Gasteiger partial charge on any atom is -0.370 e. The van der Waals surface area contributed by atoms with Gasteiger partial charge in [0, 0.05) is 0 Å². The molecule has 3 N–H and O–H groups in total. The quantitative estimate of drug-likeness (QED) is 0.795. The fourth-order valence-corrected chi connectivity index (χ4v) is 2.20. The summed E-state index contributed by atoms with van der Waals surface area (Å²) in [5, 5.41) is 4.20. The van der Waals surface area contributed by atoms with Gasteiger partial charge in [-0.05, 0) is 18.6 Å². The maximum Gasteiger partial charge on any atom is 0.189 e. The van der Waals surface area contributed by atoms with E-state index in [1.54, 1.807) is 6.07 Å². The van der Waals surface area contributed by atoms with E-state index in [4.69, 9.17) is 28.9 Å². The van der Waals surface area contributed by atoms with E-state index in [2.05, 4.69) is 10.3 Å². The molecular weight excluding hydrogens is 233 g/mol. The maximum atomic E-state index is 6.15. The third kappa shape index (κ3) is 1.77. The van der Waals surface area contributed by atoms with Gasteiger partial charge in [0.2, 0.25) is 0 Å². The van der Waals surface area contributed by atoms with Crippen LogP contribution in [0.3, 0.4) is 0 Å². The van der Waals surface area contributed by atoms with E-state index < -0.39 is 0 Å². The molecule has 0 aromatic heterocycles. The number of halogens is 2. The zero-order valence-corrected chi connectivity index (χ0v) is 9.73. The predicted molar refractivity (Wildman–Crippen MR) is 63.4 cm³/mol. The van der Waals surface area contributed by atoms with Crippen LogP contribution < -0.4 is 11.1 Å². The van der Waals surface area contributed by atoms with Crippen LogP contribution in [0.15, 0.2) is 23.2 Å². The molecule has 80 valence electrons. The molecule has 0 saturated heterocycles.